The highest BCUT2D eigenvalue weighted by Gasteiger charge is 2.23. The molecule has 26 heavy (non-hydrogen) atoms. The maximum Gasteiger partial charge on any atom is 0.236 e. The number of anilines is 1. The normalized spacial score (nSPS) is 17.3. The van der Waals surface area contributed by atoms with Crippen LogP contribution in [0.1, 0.15) is 26.2 Å². The summed E-state index contributed by atoms with van der Waals surface area (Å²) in [7, 11) is 0. The van der Waals surface area contributed by atoms with Crippen LogP contribution in [0.5, 0.6) is 0 Å². The zero-order valence-electron chi connectivity index (χ0n) is 14.4. The third-order valence-corrected chi connectivity index (χ3v) is 7.09. The van der Waals surface area contributed by atoms with Gasteiger partial charge in [0, 0.05) is 18.0 Å². The zero-order valence-corrected chi connectivity index (χ0v) is 17.6. The average Bonchev–Trinajstić information content (AvgIpc) is 3.24. The number of nitrogens with zero attached hydrogens (tertiary/aromatic N) is 2. The summed E-state index contributed by atoms with van der Waals surface area (Å²) in [5, 5.41) is 5.25. The minimum absolute atomic E-state index is 0.126. The summed E-state index contributed by atoms with van der Waals surface area (Å²) >= 11 is 10.1. The first-order chi connectivity index (χ1) is 12.5. The first kappa shape index (κ1) is 19.7. The Hall–Kier alpha value is -1.09. The molecule has 0 spiro atoms. The average molecular weight is 430 g/mol. The van der Waals surface area contributed by atoms with Gasteiger partial charge in [-0.2, -0.15) is 0 Å². The molecule has 0 saturated carbocycles. The maximum absolute atomic E-state index is 12.3. The van der Waals surface area contributed by atoms with Gasteiger partial charge in [-0.15, -0.1) is 34.4 Å². The van der Waals surface area contributed by atoms with Crippen LogP contribution in [-0.4, -0.2) is 45.8 Å². The molecular formula is C17H20ClN3O2S3. The summed E-state index contributed by atoms with van der Waals surface area (Å²) in [5.41, 5.74) is 0.809. The van der Waals surface area contributed by atoms with E-state index in [-0.39, 0.29) is 17.6 Å². The van der Waals surface area contributed by atoms with Gasteiger partial charge in [-0.25, -0.2) is 4.98 Å². The number of thiazole rings is 1. The van der Waals surface area contributed by atoms with Crippen molar-refractivity contribution in [1.82, 2.24) is 9.88 Å². The minimum atomic E-state index is -0.139. The van der Waals surface area contributed by atoms with Crippen molar-refractivity contribution in [2.24, 2.45) is 0 Å². The van der Waals surface area contributed by atoms with E-state index < -0.39 is 0 Å². The van der Waals surface area contributed by atoms with E-state index >= 15 is 0 Å². The third-order valence-electron chi connectivity index (χ3n) is 4.16. The molecular weight excluding hydrogens is 410 g/mol. The lowest BCUT2D eigenvalue weighted by Gasteiger charge is -2.33. The Kier molecular flexibility index (Phi) is 6.97. The second-order valence-electron chi connectivity index (χ2n) is 6.11. The van der Waals surface area contributed by atoms with Crippen molar-refractivity contribution in [3.8, 4) is 10.6 Å². The SMILES string of the molecule is CC1CCCCN1C(=O)CSCC(=O)Nc1nc(-c2ccc(Cl)s2)cs1. The smallest absolute Gasteiger partial charge is 0.236 e. The lowest BCUT2D eigenvalue weighted by atomic mass is 10.0. The first-order valence-corrected chi connectivity index (χ1v) is 11.6. The van der Waals surface area contributed by atoms with Crippen LogP contribution in [0.2, 0.25) is 4.34 Å². The van der Waals surface area contributed by atoms with E-state index in [1.54, 1.807) is 0 Å². The number of nitrogens with one attached hydrogen (secondary N) is 1. The molecule has 0 aliphatic carbocycles. The van der Waals surface area contributed by atoms with Gasteiger partial charge in [0.05, 0.1) is 26.4 Å². The molecule has 3 rings (SSSR count). The number of piperidine rings is 1. The number of halogens is 1. The molecule has 1 fully saturated rings. The first-order valence-electron chi connectivity index (χ1n) is 8.41. The number of likely N-dealkylation sites (tertiary alicyclic amines) is 1. The Morgan fingerprint density at radius 1 is 1.38 bits per heavy atom. The zero-order chi connectivity index (χ0) is 18.5. The molecule has 0 aromatic carbocycles. The highest BCUT2D eigenvalue weighted by Crippen LogP contribution is 2.32. The molecule has 0 radical (unpaired) electrons. The molecule has 2 aromatic heterocycles. The van der Waals surface area contributed by atoms with Gasteiger partial charge in [0.2, 0.25) is 11.8 Å². The number of rotatable bonds is 6. The lowest BCUT2D eigenvalue weighted by Crippen LogP contribution is -2.43. The van der Waals surface area contributed by atoms with Gasteiger partial charge in [-0.1, -0.05) is 11.6 Å². The summed E-state index contributed by atoms with van der Waals surface area (Å²) < 4.78 is 0.711. The van der Waals surface area contributed by atoms with Crippen molar-refractivity contribution in [1.29, 1.82) is 0 Å². The third kappa shape index (κ3) is 5.22. The molecule has 140 valence electrons. The number of thiophene rings is 1. The molecule has 2 aromatic rings. The van der Waals surface area contributed by atoms with E-state index in [0.29, 0.717) is 21.3 Å². The Morgan fingerprint density at radius 2 is 2.23 bits per heavy atom. The second-order valence-corrected chi connectivity index (χ2v) is 9.67. The molecule has 2 amide bonds. The Balaban J connectivity index is 1.43. The molecule has 1 aliphatic heterocycles. The molecule has 1 N–H and O–H groups in total. The predicted octanol–water partition coefficient (Wildman–Crippen LogP) is 4.60. The number of aromatic nitrogens is 1. The lowest BCUT2D eigenvalue weighted by molar-refractivity contribution is -0.131. The summed E-state index contributed by atoms with van der Waals surface area (Å²) in [6.07, 6.45) is 3.33. The van der Waals surface area contributed by atoms with Crippen LogP contribution in [0.15, 0.2) is 17.5 Å². The Bertz CT molecular complexity index is 777. The molecule has 9 heteroatoms. The second kappa shape index (κ2) is 9.21. The van der Waals surface area contributed by atoms with Crippen molar-refractivity contribution in [2.75, 3.05) is 23.4 Å². The van der Waals surface area contributed by atoms with Crippen LogP contribution in [0.25, 0.3) is 10.6 Å². The maximum atomic E-state index is 12.3. The van der Waals surface area contributed by atoms with E-state index in [1.165, 1.54) is 40.9 Å². The van der Waals surface area contributed by atoms with Gasteiger partial charge in [-0.3, -0.25) is 9.59 Å². The molecule has 1 aliphatic rings. The Morgan fingerprint density at radius 3 is 2.96 bits per heavy atom. The number of hydrogen-bond donors (Lipinski definition) is 1. The van der Waals surface area contributed by atoms with Crippen molar-refractivity contribution in [3.63, 3.8) is 0 Å². The van der Waals surface area contributed by atoms with E-state index in [9.17, 15) is 9.59 Å². The number of carbonyl (C=O) groups excluding carboxylic acids is 2. The van der Waals surface area contributed by atoms with Crippen molar-refractivity contribution in [2.45, 2.75) is 32.2 Å². The van der Waals surface area contributed by atoms with Crippen LogP contribution in [0.4, 0.5) is 5.13 Å². The number of amides is 2. The fourth-order valence-electron chi connectivity index (χ4n) is 2.83. The molecule has 1 saturated heterocycles. The van der Waals surface area contributed by atoms with Gasteiger partial charge in [-0.05, 0) is 38.3 Å². The van der Waals surface area contributed by atoms with Gasteiger partial charge in [0.1, 0.15) is 0 Å². The highest BCUT2D eigenvalue weighted by atomic mass is 35.5. The van der Waals surface area contributed by atoms with E-state index in [4.69, 9.17) is 11.6 Å². The van der Waals surface area contributed by atoms with Crippen LogP contribution < -0.4 is 5.32 Å². The van der Waals surface area contributed by atoms with E-state index in [0.717, 1.165) is 30.0 Å². The fraction of sp³-hybridized carbons (Fsp3) is 0.471. The van der Waals surface area contributed by atoms with Crippen LogP contribution in [0, 0.1) is 0 Å². The van der Waals surface area contributed by atoms with Gasteiger partial charge in [0.15, 0.2) is 5.13 Å². The molecule has 1 atom stereocenters. The van der Waals surface area contributed by atoms with Gasteiger partial charge < -0.3 is 10.2 Å². The summed E-state index contributed by atoms with van der Waals surface area (Å²) in [6.45, 7) is 2.93. The molecule has 5 nitrogen and oxygen atoms in total. The van der Waals surface area contributed by atoms with Crippen molar-refractivity contribution < 1.29 is 9.59 Å². The van der Waals surface area contributed by atoms with Crippen LogP contribution >= 0.6 is 46.0 Å². The Labute approximate surface area is 170 Å². The van der Waals surface area contributed by atoms with Crippen molar-refractivity contribution >= 4 is 63.0 Å². The molecule has 3 heterocycles. The molecule has 1 unspecified atom stereocenters. The standard InChI is InChI=1S/C17H20ClN3O2S3/c1-11-4-2-3-7-21(11)16(23)10-24-9-15(22)20-17-19-12(8-25-17)13-5-6-14(18)26-13/h5-6,8,11H,2-4,7,9-10H2,1H3,(H,19,20,22). The number of hydrogen-bond acceptors (Lipinski definition) is 6. The predicted molar refractivity (Wildman–Crippen MR) is 111 cm³/mol. The largest absolute Gasteiger partial charge is 0.339 e. The highest BCUT2D eigenvalue weighted by molar-refractivity contribution is 8.00. The number of carbonyl (C=O) groups is 2. The van der Waals surface area contributed by atoms with Crippen LogP contribution in [0.3, 0.4) is 0 Å². The van der Waals surface area contributed by atoms with Gasteiger partial charge >= 0.3 is 0 Å². The van der Waals surface area contributed by atoms with Crippen LogP contribution in [-0.2, 0) is 9.59 Å². The molecule has 0 bridgehead atoms. The number of thioether (sulfide) groups is 1. The van der Waals surface area contributed by atoms with Crippen molar-refractivity contribution in [3.05, 3.63) is 21.8 Å². The van der Waals surface area contributed by atoms with Gasteiger partial charge in [0.25, 0.3) is 0 Å². The minimum Gasteiger partial charge on any atom is -0.339 e. The monoisotopic (exact) mass is 429 g/mol. The summed E-state index contributed by atoms with van der Waals surface area (Å²) in [5.74, 6) is 0.572. The fourth-order valence-corrected chi connectivity index (χ4v) is 5.34. The topological polar surface area (TPSA) is 62.3 Å². The van der Waals surface area contributed by atoms with E-state index in [2.05, 4.69) is 17.2 Å². The summed E-state index contributed by atoms with van der Waals surface area (Å²) in [6, 6.07) is 4.05. The van der Waals surface area contributed by atoms with E-state index in [1.807, 2.05) is 22.4 Å². The summed E-state index contributed by atoms with van der Waals surface area (Å²) in [4.78, 5) is 31.7. The quantitative estimate of drug-likeness (QED) is 0.728.